The van der Waals surface area contributed by atoms with Gasteiger partial charge in [0.05, 0.1) is 11.5 Å². The highest BCUT2D eigenvalue weighted by Crippen LogP contribution is 2.32. The van der Waals surface area contributed by atoms with Gasteiger partial charge in [-0.05, 0) is 37.3 Å². The molecule has 1 aromatic carbocycles. The summed E-state index contributed by atoms with van der Waals surface area (Å²) in [5.41, 5.74) is 0.102. The molecule has 0 bridgehead atoms. The number of benzene rings is 1. The van der Waals surface area contributed by atoms with Crippen molar-refractivity contribution in [3.63, 3.8) is 0 Å². The van der Waals surface area contributed by atoms with Crippen molar-refractivity contribution in [2.24, 2.45) is 0 Å². The third kappa shape index (κ3) is 3.78. The summed E-state index contributed by atoms with van der Waals surface area (Å²) in [5, 5.41) is 0. The van der Waals surface area contributed by atoms with Crippen LogP contribution in [-0.2, 0) is 9.84 Å². The number of hydrogen-bond donors (Lipinski definition) is 0. The van der Waals surface area contributed by atoms with Crippen molar-refractivity contribution in [3.05, 3.63) is 35.4 Å². The van der Waals surface area contributed by atoms with Gasteiger partial charge < -0.3 is 9.80 Å². The number of amides is 2. The average molecular weight is 372 g/mol. The van der Waals surface area contributed by atoms with Crippen molar-refractivity contribution in [2.45, 2.75) is 31.2 Å². The number of nitrogens with zero attached hydrogens (tertiary/aromatic N) is 2. The van der Waals surface area contributed by atoms with Gasteiger partial charge in [-0.1, -0.05) is 6.07 Å². The van der Waals surface area contributed by atoms with E-state index < -0.39 is 21.5 Å². The summed E-state index contributed by atoms with van der Waals surface area (Å²) < 4.78 is 51.0. The van der Waals surface area contributed by atoms with Crippen molar-refractivity contribution >= 4 is 15.9 Å². The summed E-state index contributed by atoms with van der Waals surface area (Å²) >= 11 is 0. The Bertz CT molecular complexity index is 741. The van der Waals surface area contributed by atoms with Gasteiger partial charge >= 0.3 is 6.03 Å². The Morgan fingerprint density at radius 1 is 1.16 bits per heavy atom. The number of halogens is 2. The molecule has 2 saturated heterocycles. The number of carbonyl (C=O) groups excluding carboxylic acids is 1. The van der Waals surface area contributed by atoms with E-state index >= 15 is 0 Å². The number of rotatable bonds is 2. The Kier molecular flexibility index (Phi) is 4.99. The monoisotopic (exact) mass is 372 g/mol. The number of sulfone groups is 1. The summed E-state index contributed by atoms with van der Waals surface area (Å²) in [7, 11) is -1.43. The van der Waals surface area contributed by atoms with E-state index in [9.17, 15) is 22.0 Å². The van der Waals surface area contributed by atoms with E-state index in [4.69, 9.17) is 0 Å². The molecule has 0 radical (unpaired) electrons. The maximum absolute atomic E-state index is 13.9. The molecule has 138 valence electrons. The average Bonchev–Trinajstić information content (AvgIpc) is 2.94. The molecule has 0 spiro atoms. The van der Waals surface area contributed by atoms with Gasteiger partial charge in [0.15, 0.2) is 9.84 Å². The Labute approximate surface area is 146 Å². The largest absolute Gasteiger partial charge is 0.325 e. The van der Waals surface area contributed by atoms with Crippen molar-refractivity contribution < 1.29 is 22.0 Å². The molecule has 0 aliphatic carbocycles. The first-order valence-electron chi connectivity index (χ1n) is 8.44. The molecule has 25 heavy (non-hydrogen) atoms. The first-order valence-corrected chi connectivity index (χ1v) is 10.3. The van der Waals surface area contributed by atoms with Gasteiger partial charge in [-0.15, -0.1) is 0 Å². The van der Waals surface area contributed by atoms with Gasteiger partial charge in [-0.2, -0.15) is 0 Å². The molecule has 2 aliphatic heterocycles. The Hall–Kier alpha value is -1.70. The van der Waals surface area contributed by atoms with Crippen LogP contribution >= 0.6 is 0 Å². The molecule has 3 rings (SSSR count). The van der Waals surface area contributed by atoms with Gasteiger partial charge in [0.25, 0.3) is 0 Å². The second kappa shape index (κ2) is 6.90. The predicted molar refractivity (Wildman–Crippen MR) is 90.1 cm³/mol. The number of likely N-dealkylation sites (tertiary alicyclic amines) is 1. The van der Waals surface area contributed by atoms with E-state index in [0.29, 0.717) is 32.4 Å². The number of piperidine rings is 1. The normalized spacial score (nSPS) is 23.6. The van der Waals surface area contributed by atoms with E-state index in [1.165, 1.54) is 23.1 Å². The molecule has 0 aromatic heterocycles. The standard InChI is InChI=1S/C17H22F2N2O3S/c1-20(13-7-10-25(23,24)11-13)17(22)21-8-5-12(6-9-21)16-14(18)3-2-4-15(16)19/h2-4,12-13H,5-11H2,1H3/t13-/m0/s1. The third-order valence-electron chi connectivity index (χ3n) is 5.23. The molecule has 1 aromatic rings. The Balaban J connectivity index is 1.61. The molecular formula is C17H22F2N2O3S. The highest BCUT2D eigenvalue weighted by molar-refractivity contribution is 7.91. The maximum Gasteiger partial charge on any atom is 0.320 e. The minimum Gasteiger partial charge on any atom is -0.325 e. The fraction of sp³-hybridized carbons (Fsp3) is 0.588. The second-order valence-electron chi connectivity index (χ2n) is 6.85. The fourth-order valence-electron chi connectivity index (χ4n) is 3.72. The zero-order chi connectivity index (χ0) is 18.2. The van der Waals surface area contributed by atoms with Gasteiger partial charge in [0.2, 0.25) is 0 Å². The van der Waals surface area contributed by atoms with Crippen molar-refractivity contribution in [2.75, 3.05) is 31.6 Å². The lowest BCUT2D eigenvalue weighted by atomic mass is 9.89. The summed E-state index contributed by atoms with van der Waals surface area (Å²) in [6, 6.07) is 3.35. The topological polar surface area (TPSA) is 57.7 Å². The Morgan fingerprint density at radius 2 is 1.76 bits per heavy atom. The van der Waals surface area contributed by atoms with Crippen LogP contribution in [0.15, 0.2) is 18.2 Å². The molecule has 0 unspecified atom stereocenters. The zero-order valence-electron chi connectivity index (χ0n) is 14.1. The van der Waals surface area contributed by atoms with Crippen molar-refractivity contribution in [1.29, 1.82) is 0 Å². The summed E-state index contributed by atoms with van der Waals surface area (Å²) in [6.45, 7) is 0.808. The third-order valence-corrected chi connectivity index (χ3v) is 6.98. The molecule has 0 N–H and O–H groups in total. The van der Waals surface area contributed by atoms with E-state index in [-0.39, 0.29) is 35.1 Å². The quantitative estimate of drug-likeness (QED) is 0.801. The first kappa shape index (κ1) is 18.1. The molecule has 2 aliphatic rings. The van der Waals surface area contributed by atoms with E-state index in [1.54, 1.807) is 11.9 Å². The number of hydrogen-bond acceptors (Lipinski definition) is 3. The SMILES string of the molecule is CN(C(=O)N1CCC(c2c(F)cccc2F)CC1)[C@H]1CCS(=O)(=O)C1. The predicted octanol–water partition coefficient (Wildman–Crippen LogP) is 2.38. The van der Waals surface area contributed by atoms with Crippen molar-refractivity contribution in [1.82, 2.24) is 9.80 Å². The summed E-state index contributed by atoms with van der Waals surface area (Å²) in [6.07, 6.45) is 1.43. The molecule has 1 atom stereocenters. The minimum absolute atomic E-state index is 0.00609. The molecule has 2 amide bonds. The van der Waals surface area contributed by atoms with Crippen LogP contribution in [0.25, 0.3) is 0 Å². The lowest BCUT2D eigenvalue weighted by molar-refractivity contribution is 0.137. The van der Waals surface area contributed by atoms with Crippen LogP contribution in [-0.4, -0.2) is 61.9 Å². The minimum atomic E-state index is -3.05. The maximum atomic E-state index is 13.9. The van der Waals surface area contributed by atoms with Gasteiger partial charge in [0.1, 0.15) is 11.6 Å². The molecule has 2 fully saturated rings. The molecule has 8 heteroatoms. The fourth-order valence-corrected chi connectivity index (χ4v) is 5.49. The highest BCUT2D eigenvalue weighted by Gasteiger charge is 2.35. The van der Waals surface area contributed by atoms with Crippen LogP contribution in [0, 0.1) is 11.6 Å². The number of urea groups is 1. The van der Waals surface area contributed by atoms with E-state index in [2.05, 4.69) is 0 Å². The molecule has 0 saturated carbocycles. The Morgan fingerprint density at radius 3 is 2.28 bits per heavy atom. The molecule has 2 heterocycles. The smallest absolute Gasteiger partial charge is 0.320 e. The highest BCUT2D eigenvalue weighted by atomic mass is 32.2. The van der Waals surface area contributed by atoms with Crippen LogP contribution in [0.5, 0.6) is 0 Å². The van der Waals surface area contributed by atoms with Crippen LogP contribution < -0.4 is 0 Å². The molecular weight excluding hydrogens is 350 g/mol. The van der Waals surface area contributed by atoms with Crippen LogP contribution in [0.1, 0.15) is 30.7 Å². The van der Waals surface area contributed by atoms with Gasteiger partial charge in [-0.25, -0.2) is 22.0 Å². The van der Waals surface area contributed by atoms with Crippen LogP contribution in [0.2, 0.25) is 0 Å². The van der Waals surface area contributed by atoms with Gasteiger partial charge in [-0.3, -0.25) is 0 Å². The lowest BCUT2D eigenvalue weighted by Crippen LogP contribution is -2.49. The summed E-state index contributed by atoms with van der Waals surface area (Å²) in [4.78, 5) is 15.7. The summed E-state index contributed by atoms with van der Waals surface area (Å²) in [5.74, 6) is -1.21. The number of carbonyl (C=O) groups is 1. The zero-order valence-corrected chi connectivity index (χ0v) is 14.9. The van der Waals surface area contributed by atoms with Crippen LogP contribution in [0.3, 0.4) is 0 Å². The van der Waals surface area contributed by atoms with E-state index in [1.807, 2.05) is 0 Å². The molecule has 5 nitrogen and oxygen atoms in total. The van der Waals surface area contributed by atoms with Crippen molar-refractivity contribution in [3.8, 4) is 0 Å². The van der Waals surface area contributed by atoms with E-state index in [0.717, 1.165) is 0 Å². The lowest BCUT2D eigenvalue weighted by Gasteiger charge is -2.36. The second-order valence-corrected chi connectivity index (χ2v) is 9.08. The van der Waals surface area contributed by atoms with Gasteiger partial charge in [0, 0.05) is 31.7 Å². The van der Waals surface area contributed by atoms with Crippen LogP contribution in [0.4, 0.5) is 13.6 Å². The first-order chi connectivity index (χ1) is 11.8.